The number of amides is 1. The van der Waals surface area contributed by atoms with Gasteiger partial charge in [0.15, 0.2) is 9.84 Å². The molecule has 2 rings (SSSR count). The molecule has 0 saturated carbocycles. The van der Waals surface area contributed by atoms with Gasteiger partial charge in [-0.15, -0.1) is 0 Å². The molecule has 21 heavy (non-hydrogen) atoms. The molecule has 1 fully saturated rings. The Kier molecular flexibility index (Phi) is 4.98. The number of sulfone groups is 1. The molecule has 0 spiro atoms. The van der Waals surface area contributed by atoms with Crippen LogP contribution in [-0.2, 0) is 9.84 Å². The van der Waals surface area contributed by atoms with Crippen molar-refractivity contribution < 1.29 is 13.2 Å². The van der Waals surface area contributed by atoms with Gasteiger partial charge < -0.3 is 4.90 Å². The molecule has 0 N–H and O–H groups in total. The third-order valence-corrected chi connectivity index (χ3v) is 6.18. The molecule has 1 unspecified atom stereocenters. The summed E-state index contributed by atoms with van der Waals surface area (Å²) in [7, 11) is -3.14. The number of likely N-dealkylation sites (tertiary alicyclic amines) is 1. The van der Waals surface area contributed by atoms with Gasteiger partial charge in [-0.05, 0) is 30.9 Å². The highest BCUT2D eigenvalue weighted by atomic mass is 32.2. The van der Waals surface area contributed by atoms with Crippen LogP contribution < -0.4 is 0 Å². The van der Waals surface area contributed by atoms with E-state index < -0.39 is 15.1 Å². The van der Waals surface area contributed by atoms with E-state index in [2.05, 4.69) is 4.98 Å². The Labute approximate surface area is 126 Å². The monoisotopic (exact) mass is 310 g/mol. The van der Waals surface area contributed by atoms with E-state index in [9.17, 15) is 13.2 Å². The summed E-state index contributed by atoms with van der Waals surface area (Å²) in [5, 5.41) is -0.436. The van der Waals surface area contributed by atoms with Crippen molar-refractivity contribution in [3.63, 3.8) is 0 Å². The second kappa shape index (κ2) is 6.56. The van der Waals surface area contributed by atoms with Gasteiger partial charge in [0.05, 0.1) is 16.6 Å². The molecular formula is C15H22N2O3S. The zero-order valence-corrected chi connectivity index (χ0v) is 13.3. The fourth-order valence-corrected chi connectivity index (χ4v) is 4.82. The number of nitrogens with zero attached hydrogens (tertiary/aromatic N) is 2. The van der Waals surface area contributed by atoms with Crippen molar-refractivity contribution >= 4 is 15.7 Å². The topological polar surface area (TPSA) is 67.3 Å². The molecule has 1 saturated heterocycles. The van der Waals surface area contributed by atoms with Gasteiger partial charge in [0, 0.05) is 25.5 Å². The van der Waals surface area contributed by atoms with Crippen molar-refractivity contribution in [2.45, 2.75) is 31.9 Å². The van der Waals surface area contributed by atoms with Crippen LogP contribution in [0.3, 0.4) is 0 Å². The predicted octanol–water partition coefficient (Wildman–Crippen LogP) is 1.76. The van der Waals surface area contributed by atoms with Gasteiger partial charge in [-0.1, -0.05) is 13.8 Å². The molecule has 116 valence electrons. The van der Waals surface area contributed by atoms with Crippen molar-refractivity contribution in [2.75, 3.05) is 18.8 Å². The standard InChI is InChI=1S/C15H22N2O3S/c1-12(2)11-21(19,20)14-6-4-8-17(10-14)15(18)13-5-3-7-16-9-13/h3,5,7,9,12,14H,4,6,8,10-11H2,1-2H3. The highest BCUT2D eigenvalue weighted by Crippen LogP contribution is 2.21. The number of carbonyl (C=O) groups is 1. The van der Waals surface area contributed by atoms with Crippen molar-refractivity contribution in [2.24, 2.45) is 5.92 Å². The van der Waals surface area contributed by atoms with Gasteiger partial charge in [0.1, 0.15) is 0 Å². The molecule has 5 nitrogen and oxygen atoms in total. The molecule has 0 radical (unpaired) electrons. The number of piperidine rings is 1. The van der Waals surface area contributed by atoms with E-state index in [1.807, 2.05) is 13.8 Å². The normalized spacial score (nSPS) is 19.8. The number of carbonyl (C=O) groups excluding carboxylic acids is 1. The maximum atomic E-state index is 12.4. The van der Waals surface area contributed by atoms with Crippen molar-refractivity contribution in [3.8, 4) is 0 Å². The zero-order chi connectivity index (χ0) is 15.5. The van der Waals surface area contributed by atoms with Gasteiger partial charge in [-0.2, -0.15) is 0 Å². The molecule has 1 aliphatic heterocycles. The fraction of sp³-hybridized carbons (Fsp3) is 0.600. The lowest BCUT2D eigenvalue weighted by molar-refractivity contribution is 0.0726. The van der Waals surface area contributed by atoms with E-state index in [-0.39, 0.29) is 17.6 Å². The average Bonchev–Trinajstić information content (AvgIpc) is 2.46. The van der Waals surface area contributed by atoms with Crippen LogP contribution in [0.15, 0.2) is 24.5 Å². The molecule has 1 amide bonds. The highest BCUT2D eigenvalue weighted by molar-refractivity contribution is 7.92. The smallest absolute Gasteiger partial charge is 0.255 e. The van der Waals surface area contributed by atoms with Gasteiger partial charge in [0.25, 0.3) is 5.91 Å². The summed E-state index contributed by atoms with van der Waals surface area (Å²) < 4.78 is 24.7. The van der Waals surface area contributed by atoms with Crippen molar-refractivity contribution in [1.29, 1.82) is 0 Å². The fourth-order valence-electron chi connectivity index (χ4n) is 2.69. The number of hydrogen-bond donors (Lipinski definition) is 0. The predicted molar refractivity (Wildman–Crippen MR) is 81.8 cm³/mol. The van der Waals surface area contributed by atoms with Crippen LogP contribution in [0.2, 0.25) is 0 Å². The van der Waals surface area contributed by atoms with Crippen molar-refractivity contribution in [3.05, 3.63) is 30.1 Å². The first kappa shape index (κ1) is 15.9. The Morgan fingerprint density at radius 3 is 2.86 bits per heavy atom. The first-order valence-electron chi connectivity index (χ1n) is 7.31. The molecule has 2 heterocycles. The molecule has 0 aromatic carbocycles. The van der Waals surface area contributed by atoms with Gasteiger partial charge in [0.2, 0.25) is 0 Å². The van der Waals surface area contributed by atoms with Crippen LogP contribution >= 0.6 is 0 Å². The Morgan fingerprint density at radius 2 is 2.24 bits per heavy atom. The quantitative estimate of drug-likeness (QED) is 0.850. The first-order valence-corrected chi connectivity index (χ1v) is 9.02. The summed E-state index contributed by atoms with van der Waals surface area (Å²) in [6, 6.07) is 3.42. The molecule has 1 atom stereocenters. The molecule has 1 aromatic rings. The second-order valence-corrected chi connectivity index (χ2v) is 8.31. The van der Waals surface area contributed by atoms with Gasteiger partial charge >= 0.3 is 0 Å². The Bertz CT molecular complexity index is 584. The van der Waals surface area contributed by atoms with E-state index in [1.165, 1.54) is 6.20 Å². The minimum absolute atomic E-state index is 0.111. The number of aromatic nitrogens is 1. The van der Waals surface area contributed by atoms with Gasteiger partial charge in [-0.3, -0.25) is 9.78 Å². The van der Waals surface area contributed by atoms with E-state index in [4.69, 9.17) is 0 Å². The highest BCUT2D eigenvalue weighted by Gasteiger charge is 2.33. The molecule has 6 heteroatoms. The Morgan fingerprint density at radius 1 is 1.48 bits per heavy atom. The van der Waals surface area contributed by atoms with Crippen LogP contribution in [0.4, 0.5) is 0 Å². The first-order chi connectivity index (χ1) is 9.90. The lowest BCUT2D eigenvalue weighted by atomic mass is 10.1. The van der Waals surface area contributed by atoms with Gasteiger partial charge in [-0.25, -0.2) is 8.42 Å². The number of hydrogen-bond acceptors (Lipinski definition) is 4. The van der Waals surface area contributed by atoms with E-state index >= 15 is 0 Å². The second-order valence-electron chi connectivity index (χ2n) is 5.98. The zero-order valence-electron chi connectivity index (χ0n) is 12.5. The lowest BCUT2D eigenvalue weighted by Crippen LogP contribution is -2.46. The maximum Gasteiger partial charge on any atom is 0.255 e. The number of pyridine rings is 1. The van der Waals surface area contributed by atoms with E-state index in [1.54, 1.807) is 23.2 Å². The minimum atomic E-state index is -3.14. The SMILES string of the molecule is CC(C)CS(=O)(=O)C1CCCN(C(=O)c2cccnc2)C1. The van der Waals surface area contributed by atoms with E-state index in [0.717, 1.165) is 6.42 Å². The number of rotatable bonds is 4. The Balaban J connectivity index is 2.09. The molecular weight excluding hydrogens is 288 g/mol. The Hall–Kier alpha value is -1.43. The van der Waals surface area contributed by atoms with Crippen LogP contribution in [0.1, 0.15) is 37.0 Å². The van der Waals surface area contributed by atoms with Crippen LogP contribution in [0.5, 0.6) is 0 Å². The molecule has 0 aliphatic carbocycles. The summed E-state index contributed by atoms with van der Waals surface area (Å²) in [6.07, 6.45) is 4.51. The largest absolute Gasteiger partial charge is 0.337 e. The average molecular weight is 310 g/mol. The summed E-state index contributed by atoms with van der Waals surface area (Å²) >= 11 is 0. The van der Waals surface area contributed by atoms with Crippen LogP contribution in [0.25, 0.3) is 0 Å². The maximum absolute atomic E-state index is 12.4. The van der Waals surface area contributed by atoms with Crippen molar-refractivity contribution in [1.82, 2.24) is 9.88 Å². The summed E-state index contributed by atoms with van der Waals surface area (Å²) in [4.78, 5) is 18.0. The molecule has 1 aliphatic rings. The van der Waals surface area contributed by atoms with Crippen LogP contribution in [0, 0.1) is 5.92 Å². The third-order valence-electron chi connectivity index (χ3n) is 3.65. The summed E-state index contributed by atoms with van der Waals surface area (Å²) in [5.41, 5.74) is 0.513. The third kappa shape index (κ3) is 4.03. The summed E-state index contributed by atoms with van der Waals surface area (Å²) in [6.45, 7) is 4.71. The van der Waals surface area contributed by atoms with Crippen LogP contribution in [-0.4, -0.2) is 48.3 Å². The van der Waals surface area contributed by atoms with E-state index in [0.29, 0.717) is 25.1 Å². The lowest BCUT2D eigenvalue weighted by Gasteiger charge is -2.32. The molecule has 0 bridgehead atoms. The molecule has 1 aromatic heterocycles. The summed E-state index contributed by atoms with van der Waals surface area (Å²) in [5.74, 6) is 0.166. The minimum Gasteiger partial charge on any atom is -0.337 e.